The first-order chi connectivity index (χ1) is 15.4. The lowest BCUT2D eigenvalue weighted by Crippen LogP contribution is -2.18. The summed E-state index contributed by atoms with van der Waals surface area (Å²) in [5.41, 5.74) is 7.08. The summed E-state index contributed by atoms with van der Waals surface area (Å²) in [7, 11) is 0. The number of benzene rings is 2. The van der Waals surface area contributed by atoms with Gasteiger partial charge in [0, 0.05) is 23.3 Å². The molecule has 0 atom stereocenters. The number of nitrogen functional groups attached to an aromatic ring is 1. The number of anilines is 3. The van der Waals surface area contributed by atoms with Gasteiger partial charge in [-0.2, -0.15) is 15.0 Å². The van der Waals surface area contributed by atoms with Crippen LogP contribution in [0.15, 0.2) is 51.7 Å². The number of esters is 1. The Kier molecular flexibility index (Phi) is 5.99. The van der Waals surface area contributed by atoms with Crippen molar-refractivity contribution < 1.29 is 18.3 Å². The zero-order valence-corrected chi connectivity index (χ0v) is 17.2. The van der Waals surface area contributed by atoms with Crippen molar-refractivity contribution in [2.45, 2.75) is 19.6 Å². The van der Waals surface area contributed by atoms with E-state index in [0.717, 1.165) is 0 Å². The number of ether oxygens (including phenoxy) is 1. The molecular weight excluding hydrogens is 443 g/mol. The number of halogens is 2. The van der Waals surface area contributed by atoms with E-state index in [4.69, 9.17) is 26.5 Å². The van der Waals surface area contributed by atoms with Gasteiger partial charge < -0.3 is 20.2 Å². The molecule has 0 aliphatic heterocycles. The lowest BCUT2D eigenvalue weighted by atomic mass is 10.3. The first kappa shape index (κ1) is 21.2. The van der Waals surface area contributed by atoms with Crippen molar-refractivity contribution in [1.82, 2.24) is 19.5 Å². The lowest BCUT2D eigenvalue weighted by Gasteiger charge is -2.08. The summed E-state index contributed by atoms with van der Waals surface area (Å²) in [6.45, 7) is -0.191. The summed E-state index contributed by atoms with van der Waals surface area (Å²) >= 11 is 5.89. The standard InChI is InChI=1S/C20H16ClFN6O4/c21-11-1-6-14-15(9-11)32-20(30)28(14)8-7-17(29)31-10-16-25-18(23)27-19(26-16)24-13-4-2-12(22)3-5-13/h1-6,9H,7-8,10H2,(H3,23,24,25,26,27). The Morgan fingerprint density at radius 3 is 2.75 bits per heavy atom. The summed E-state index contributed by atoms with van der Waals surface area (Å²) < 4.78 is 24.7. The Hall–Kier alpha value is -3.99. The van der Waals surface area contributed by atoms with Gasteiger partial charge in [0.25, 0.3) is 0 Å². The number of carbonyl (C=O) groups excluding carboxylic acids is 1. The molecular formula is C20H16ClFN6O4. The Balaban J connectivity index is 1.37. The second-order valence-corrected chi connectivity index (χ2v) is 7.04. The average molecular weight is 459 g/mol. The summed E-state index contributed by atoms with van der Waals surface area (Å²) in [5.74, 6) is -1.40. The van der Waals surface area contributed by atoms with Crippen LogP contribution >= 0.6 is 11.6 Å². The maximum absolute atomic E-state index is 13.0. The SMILES string of the molecule is Nc1nc(COC(=O)CCn2c(=O)oc3cc(Cl)ccc32)nc(Nc2ccc(F)cc2)n1. The number of nitrogens with two attached hydrogens (primary N) is 1. The van der Waals surface area contributed by atoms with E-state index in [-0.39, 0.29) is 43.1 Å². The minimum atomic E-state index is -0.600. The number of oxazole rings is 1. The number of fused-ring (bicyclic) bond motifs is 1. The number of hydrogen-bond acceptors (Lipinski definition) is 9. The van der Waals surface area contributed by atoms with Gasteiger partial charge in [-0.25, -0.2) is 9.18 Å². The number of aryl methyl sites for hydroxylation is 1. The van der Waals surface area contributed by atoms with E-state index in [9.17, 15) is 14.0 Å². The molecule has 0 amide bonds. The molecule has 0 radical (unpaired) electrons. The van der Waals surface area contributed by atoms with Crippen LogP contribution in [0.1, 0.15) is 12.2 Å². The third-order valence-electron chi connectivity index (χ3n) is 4.33. The van der Waals surface area contributed by atoms with Gasteiger partial charge in [0.15, 0.2) is 18.0 Å². The smallest absolute Gasteiger partial charge is 0.419 e. The monoisotopic (exact) mass is 458 g/mol. The highest BCUT2D eigenvalue weighted by Crippen LogP contribution is 2.19. The third-order valence-corrected chi connectivity index (χ3v) is 4.57. The fourth-order valence-electron chi connectivity index (χ4n) is 2.89. The second kappa shape index (κ2) is 9.02. The van der Waals surface area contributed by atoms with Crippen molar-refractivity contribution in [1.29, 1.82) is 0 Å². The zero-order chi connectivity index (χ0) is 22.7. The molecule has 10 nitrogen and oxygen atoms in total. The van der Waals surface area contributed by atoms with Crippen LogP contribution in [0.2, 0.25) is 5.02 Å². The Labute approximate surface area is 184 Å². The predicted octanol–water partition coefficient (Wildman–Crippen LogP) is 3.03. The van der Waals surface area contributed by atoms with E-state index >= 15 is 0 Å². The number of carbonyl (C=O) groups is 1. The number of rotatable bonds is 7. The number of hydrogen-bond donors (Lipinski definition) is 2. The number of nitrogens with zero attached hydrogens (tertiary/aromatic N) is 4. The van der Waals surface area contributed by atoms with E-state index < -0.39 is 11.7 Å². The Bertz CT molecular complexity index is 1340. The zero-order valence-electron chi connectivity index (χ0n) is 16.4. The third kappa shape index (κ3) is 5.01. The molecule has 0 unspecified atom stereocenters. The topological polar surface area (TPSA) is 138 Å². The normalized spacial score (nSPS) is 10.9. The van der Waals surface area contributed by atoms with Crippen LogP contribution in [0, 0.1) is 5.82 Å². The molecule has 0 spiro atoms. The van der Waals surface area contributed by atoms with E-state index in [1.54, 1.807) is 12.1 Å². The van der Waals surface area contributed by atoms with Crippen LogP contribution in [0.4, 0.5) is 22.0 Å². The molecule has 4 rings (SSSR count). The molecule has 0 saturated carbocycles. The first-order valence-corrected chi connectivity index (χ1v) is 9.73. The van der Waals surface area contributed by atoms with E-state index in [1.165, 1.54) is 34.9 Å². The van der Waals surface area contributed by atoms with Crippen LogP contribution in [-0.2, 0) is 22.7 Å². The Morgan fingerprint density at radius 1 is 1.19 bits per heavy atom. The van der Waals surface area contributed by atoms with Gasteiger partial charge in [-0.3, -0.25) is 9.36 Å². The summed E-state index contributed by atoms with van der Waals surface area (Å²) in [6.07, 6.45) is -0.0849. The quantitative estimate of drug-likeness (QED) is 0.400. The van der Waals surface area contributed by atoms with E-state index in [0.29, 0.717) is 21.8 Å². The van der Waals surface area contributed by atoms with Crippen molar-refractivity contribution in [3.8, 4) is 0 Å². The van der Waals surface area contributed by atoms with E-state index in [1.807, 2.05) is 0 Å². The predicted molar refractivity (Wildman–Crippen MR) is 114 cm³/mol. The summed E-state index contributed by atoms with van der Waals surface area (Å²) in [6, 6.07) is 10.3. The fraction of sp³-hybridized carbons (Fsp3) is 0.150. The maximum atomic E-state index is 13.0. The molecule has 4 aromatic rings. The largest absolute Gasteiger partial charge is 0.457 e. The average Bonchev–Trinajstić information content (AvgIpc) is 3.06. The molecule has 164 valence electrons. The van der Waals surface area contributed by atoms with Crippen molar-refractivity contribution in [3.63, 3.8) is 0 Å². The lowest BCUT2D eigenvalue weighted by molar-refractivity contribution is -0.145. The van der Waals surface area contributed by atoms with Crippen LogP contribution in [0.25, 0.3) is 11.1 Å². The van der Waals surface area contributed by atoms with Gasteiger partial charge in [0.1, 0.15) is 5.82 Å². The molecule has 3 N–H and O–H groups in total. The molecule has 2 aromatic carbocycles. The van der Waals surface area contributed by atoms with Crippen LogP contribution in [-0.4, -0.2) is 25.5 Å². The minimum Gasteiger partial charge on any atom is -0.457 e. The molecule has 0 saturated heterocycles. The second-order valence-electron chi connectivity index (χ2n) is 6.61. The highest BCUT2D eigenvalue weighted by atomic mass is 35.5. The first-order valence-electron chi connectivity index (χ1n) is 9.35. The van der Waals surface area contributed by atoms with Crippen molar-refractivity contribution in [2.75, 3.05) is 11.1 Å². The van der Waals surface area contributed by atoms with Crippen molar-refractivity contribution in [2.24, 2.45) is 0 Å². The van der Waals surface area contributed by atoms with Crippen LogP contribution in [0.3, 0.4) is 0 Å². The fourth-order valence-corrected chi connectivity index (χ4v) is 3.06. The van der Waals surface area contributed by atoms with Gasteiger partial charge in [-0.1, -0.05) is 11.6 Å². The molecule has 0 bridgehead atoms. The highest BCUT2D eigenvalue weighted by Gasteiger charge is 2.13. The van der Waals surface area contributed by atoms with Gasteiger partial charge in [-0.05, 0) is 36.4 Å². The summed E-state index contributed by atoms with van der Waals surface area (Å²) in [5, 5.41) is 3.30. The number of aromatic nitrogens is 4. The number of nitrogens with one attached hydrogen (secondary N) is 1. The molecule has 2 heterocycles. The molecule has 12 heteroatoms. The molecule has 0 aliphatic rings. The van der Waals surface area contributed by atoms with Gasteiger partial charge in [-0.15, -0.1) is 0 Å². The van der Waals surface area contributed by atoms with Gasteiger partial charge >= 0.3 is 11.7 Å². The van der Waals surface area contributed by atoms with Crippen LogP contribution in [0.5, 0.6) is 0 Å². The van der Waals surface area contributed by atoms with E-state index in [2.05, 4.69) is 20.3 Å². The molecule has 32 heavy (non-hydrogen) atoms. The maximum Gasteiger partial charge on any atom is 0.419 e. The Morgan fingerprint density at radius 2 is 1.97 bits per heavy atom. The van der Waals surface area contributed by atoms with Gasteiger partial charge in [0.2, 0.25) is 11.9 Å². The molecule has 2 aromatic heterocycles. The van der Waals surface area contributed by atoms with Crippen molar-refractivity contribution >= 4 is 46.3 Å². The van der Waals surface area contributed by atoms with Crippen LogP contribution < -0.4 is 16.8 Å². The van der Waals surface area contributed by atoms with Gasteiger partial charge in [0.05, 0.1) is 11.9 Å². The van der Waals surface area contributed by atoms with Crippen molar-refractivity contribution in [3.05, 3.63) is 69.7 Å². The summed E-state index contributed by atoms with van der Waals surface area (Å²) in [4.78, 5) is 36.2. The highest BCUT2D eigenvalue weighted by molar-refractivity contribution is 6.31. The molecule has 0 fully saturated rings. The minimum absolute atomic E-state index is 0.0585. The molecule has 0 aliphatic carbocycles.